The second kappa shape index (κ2) is 11.1. The summed E-state index contributed by atoms with van der Waals surface area (Å²) in [6.07, 6.45) is 0. The molecule has 2 amide bonds. The van der Waals surface area contributed by atoms with Gasteiger partial charge in [0.25, 0.3) is 5.91 Å². The molecule has 1 atom stereocenters. The molecule has 0 aliphatic carbocycles. The van der Waals surface area contributed by atoms with Crippen LogP contribution in [0.25, 0.3) is 0 Å². The van der Waals surface area contributed by atoms with Crippen molar-refractivity contribution in [3.63, 3.8) is 0 Å². The smallest absolute Gasteiger partial charge is 0.255 e. The second-order valence-electron chi connectivity index (χ2n) is 8.49. The van der Waals surface area contributed by atoms with Gasteiger partial charge in [-0.15, -0.1) is 11.8 Å². The average Bonchev–Trinajstić information content (AvgIpc) is 2.86. The van der Waals surface area contributed by atoms with Crippen LogP contribution < -0.4 is 10.6 Å². The summed E-state index contributed by atoms with van der Waals surface area (Å²) in [5.74, 6) is -0.254. The summed E-state index contributed by atoms with van der Waals surface area (Å²) >= 11 is 1.45. The Kier molecular flexibility index (Phi) is 7.68. The maximum Gasteiger partial charge on any atom is 0.255 e. The molecule has 0 saturated heterocycles. The number of aryl methyl sites for hydroxylation is 3. The van der Waals surface area contributed by atoms with E-state index >= 15 is 0 Å². The van der Waals surface area contributed by atoms with Gasteiger partial charge in [-0.25, -0.2) is 0 Å². The van der Waals surface area contributed by atoms with E-state index in [1.54, 1.807) is 0 Å². The minimum absolute atomic E-state index is 0.0983. The average molecular weight is 481 g/mol. The number of anilines is 2. The lowest BCUT2D eigenvalue weighted by Crippen LogP contribution is -2.19. The van der Waals surface area contributed by atoms with Crippen molar-refractivity contribution in [1.82, 2.24) is 0 Å². The summed E-state index contributed by atoms with van der Waals surface area (Å²) in [6.45, 7) is 6.00. The molecular formula is C30H28N2O2S. The first-order chi connectivity index (χ1) is 16.9. The number of benzene rings is 4. The van der Waals surface area contributed by atoms with Crippen molar-refractivity contribution < 1.29 is 9.59 Å². The minimum Gasteiger partial charge on any atom is -0.325 e. The van der Waals surface area contributed by atoms with Gasteiger partial charge in [0, 0.05) is 21.8 Å². The molecule has 0 aliphatic rings. The number of carbonyl (C=O) groups excluding carboxylic acids is 2. The molecule has 5 heteroatoms. The monoisotopic (exact) mass is 480 g/mol. The van der Waals surface area contributed by atoms with Crippen LogP contribution in [0.4, 0.5) is 11.4 Å². The maximum absolute atomic E-state index is 13.4. The molecule has 0 fully saturated rings. The Balaban J connectivity index is 1.55. The highest BCUT2D eigenvalue weighted by Crippen LogP contribution is 2.37. The van der Waals surface area contributed by atoms with Crippen LogP contribution >= 0.6 is 11.8 Å². The lowest BCUT2D eigenvalue weighted by molar-refractivity contribution is -0.115. The topological polar surface area (TPSA) is 58.2 Å². The molecular weight excluding hydrogens is 452 g/mol. The number of hydrogen-bond donors (Lipinski definition) is 2. The van der Waals surface area contributed by atoms with E-state index in [1.807, 2.05) is 111 Å². The Labute approximate surface area is 210 Å². The van der Waals surface area contributed by atoms with Gasteiger partial charge in [-0.1, -0.05) is 60.7 Å². The lowest BCUT2D eigenvalue weighted by Gasteiger charge is -2.18. The van der Waals surface area contributed by atoms with Gasteiger partial charge in [-0.2, -0.15) is 0 Å². The van der Waals surface area contributed by atoms with Gasteiger partial charge in [0.1, 0.15) is 5.25 Å². The zero-order chi connectivity index (χ0) is 24.8. The Morgan fingerprint density at radius 1 is 0.657 bits per heavy atom. The molecule has 0 saturated carbocycles. The van der Waals surface area contributed by atoms with E-state index < -0.39 is 5.25 Å². The fourth-order valence-electron chi connectivity index (χ4n) is 3.74. The molecule has 0 radical (unpaired) electrons. The zero-order valence-corrected chi connectivity index (χ0v) is 20.9. The molecule has 1 unspecified atom stereocenters. The molecule has 4 nitrogen and oxygen atoms in total. The third-order valence-corrected chi connectivity index (χ3v) is 7.10. The molecule has 2 N–H and O–H groups in total. The van der Waals surface area contributed by atoms with Gasteiger partial charge >= 0.3 is 0 Å². The molecule has 0 aromatic heterocycles. The van der Waals surface area contributed by atoms with Crippen molar-refractivity contribution in [2.75, 3.05) is 10.6 Å². The van der Waals surface area contributed by atoms with E-state index in [-0.39, 0.29) is 11.8 Å². The normalized spacial score (nSPS) is 11.5. The largest absolute Gasteiger partial charge is 0.325 e. The number of carbonyl (C=O) groups is 2. The molecule has 4 aromatic carbocycles. The summed E-state index contributed by atoms with van der Waals surface area (Å²) in [7, 11) is 0. The van der Waals surface area contributed by atoms with E-state index in [0.29, 0.717) is 11.3 Å². The van der Waals surface area contributed by atoms with Crippen molar-refractivity contribution >= 4 is 35.0 Å². The van der Waals surface area contributed by atoms with Crippen molar-refractivity contribution in [2.45, 2.75) is 30.9 Å². The number of rotatable bonds is 7. The minimum atomic E-state index is -0.458. The van der Waals surface area contributed by atoms with E-state index in [9.17, 15) is 9.59 Å². The standard InChI is InChI=1S/C30H28N2O2S/c1-20-16-17-25(18-22(20)3)32-30(34)28(23-11-5-4-6-12-23)35-26-14-9-13-24(19-26)31-29(33)27-15-8-7-10-21(27)2/h4-19,28H,1-3H3,(H,31,33)(H,32,34). The first-order valence-corrected chi connectivity index (χ1v) is 12.4. The molecule has 35 heavy (non-hydrogen) atoms. The molecule has 176 valence electrons. The van der Waals surface area contributed by atoms with E-state index in [2.05, 4.69) is 17.6 Å². The summed E-state index contributed by atoms with van der Waals surface area (Å²) in [6, 6.07) is 30.7. The van der Waals surface area contributed by atoms with Crippen molar-refractivity contribution in [2.24, 2.45) is 0 Å². The van der Waals surface area contributed by atoms with Crippen LogP contribution in [0, 0.1) is 20.8 Å². The summed E-state index contributed by atoms with van der Waals surface area (Å²) in [5.41, 5.74) is 6.24. The Bertz CT molecular complexity index is 1350. The molecule has 0 spiro atoms. The van der Waals surface area contributed by atoms with Crippen LogP contribution in [0.15, 0.2) is 102 Å². The summed E-state index contributed by atoms with van der Waals surface area (Å²) in [5, 5.41) is 5.60. The number of amides is 2. The van der Waals surface area contributed by atoms with Crippen molar-refractivity contribution in [1.29, 1.82) is 0 Å². The Morgan fingerprint density at radius 3 is 2.11 bits per heavy atom. The summed E-state index contributed by atoms with van der Waals surface area (Å²) in [4.78, 5) is 27.1. The third-order valence-electron chi connectivity index (χ3n) is 5.85. The maximum atomic E-state index is 13.4. The van der Waals surface area contributed by atoms with Gasteiger partial charge in [0.05, 0.1) is 0 Å². The zero-order valence-electron chi connectivity index (χ0n) is 20.0. The van der Waals surface area contributed by atoms with Gasteiger partial charge < -0.3 is 10.6 Å². The predicted molar refractivity (Wildman–Crippen MR) is 145 cm³/mol. The third kappa shape index (κ3) is 6.19. The van der Waals surface area contributed by atoms with Crippen LogP contribution in [-0.4, -0.2) is 11.8 Å². The number of hydrogen-bond acceptors (Lipinski definition) is 3. The van der Waals surface area contributed by atoms with Crippen molar-refractivity contribution in [3.05, 3.63) is 125 Å². The summed E-state index contributed by atoms with van der Waals surface area (Å²) < 4.78 is 0. The van der Waals surface area contributed by atoms with Crippen LogP contribution in [0.3, 0.4) is 0 Å². The highest BCUT2D eigenvalue weighted by Gasteiger charge is 2.22. The fraction of sp³-hybridized carbons (Fsp3) is 0.133. The lowest BCUT2D eigenvalue weighted by atomic mass is 10.1. The van der Waals surface area contributed by atoms with Crippen molar-refractivity contribution in [3.8, 4) is 0 Å². The van der Waals surface area contributed by atoms with Gasteiger partial charge in [-0.05, 0) is 79.4 Å². The van der Waals surface area contributed by atoms with Gasteiger partial charge in [0.2, 0.25) is 5.91 Å². The quantitative estimate of drug-likeness (QED) is 0.272. The fourth-order valence-corrected chi connectivity index (χ4v) is 4.82. The van der Waals surface area contributed by atoms with E-state index in [1.165, 1.54) is 17.3 Å². The Morgan fingerprint density at radius 2 is 1.37 bits per heavy atom. The SMILES string of the molecule is Cc1ccc(NC(=O)C(Sc2cccc(NC(=O)c3ccccc3C)c2)c2ccccc2)cc1C. The molecule has 0 heterocycles. The van der Waals surface area contributed by atoms with Crippen LogP contribution in [0.1, 0.15) is 37.9 Å². The number of thioether (sulfide) groups is 1. The highest BCUT2D eigenvalue weighted by atomic mass is 32.2. The predicted octanol–water partition coefficient (Wildman–Crippen LogP) is 7.34. The Hall–Kier alpha value is -3.83. The molecule has 4 aromatic rings. The molecule has 0 bridgehead atoms. The van der Waals surface area contributed by atoms with E-state index in [4.69, 9.17) is 0 Å². The molecule has 0 aliphatic heterocycles. The van der Waals surface area contributed by atoms with Gasteiger partial charge in [0.15, 0.2) is 0 Å². The first kappa shape index (κ1) is 24.3. The number of nitrogens with one attached hydrogen (secondary N) is 2. The second-order valence-corrected chi connectivity index (χ2v) is 9.67. The van der Waals surface area contributed by atoms with Crippen LogP contribution in [0.5, 0.6) is 0 Å². The highest BCUT2D eigenvalue weighted by molar-refractivity contribution is 8.00. The van der Waals surface area contributed by atoms with Gasteiger partial charge in [-0.3, -0.25) is 9.59 Å². The van der Waals surface area contributed by atoms with Crippen LogP contribution in [0.2, 0.25) is 0 Å². The first-order valence-electron chi connectivity index (χ1n) is 11.5. The van der Waals surface area contributed by atoms with E-state index in [0.717, 1.165) is 27.3 Å². The van der Waals surface area contributed by atoms with Crippen LogP contribution in [-0.2, 0) is 4.79 Å². The molecule has 4 rings (SSSR count).